The second kappa shape index (κ2) is 7.05. The van der Waals surface area contributed by atoms with Crippen molar-refractivity contribution < 1.29 is 9.47 Å². The summed E-state index contributed by atoms with van der Waals surface area (Å²) >= 11 is 0. The Labute approximate surface area is 119 Å². The van der Waals surface area contributed by atoms with Crippen molar-refractivity contribution in [2.45, 2.75) is 65.6 Å². The molecule has 0 radical (unpaired) electrons. The minimum Gasteiger partial charge on any atom is -0.383 e. The van der Waals surface area contributed by atoms with Crippen molar-refractivity contribution in [2.75, 3.05) is 26.8 Å². The predicted molar refractivity (Wildman–Crippen MR) is 80.5 cm³/mol. The number of nitrogens with one attached hydrogen (secondary N) is 1. The van der Waals surface area contributed by atoms with Gasteiger partial charge in [0.1, 0.15) is 0 Å². The first-order chi connectivity index (χ1) is 8.79. The lowest BCUT2D eigenvalue weighted by Gasteiger charge is -2.36. The maximum atomic E-state index is 6.17. The van der Waals surface area contributed by atoms with E-state index >= 15 is 0 Å². The van der Waals surface area contributed by atoms with E-state index in [9.17, 15) is 0 Å². The first-order valence-electron chi connectivity index (χ1n) is 7.66. The zero-order chi connectivity index (χ0) is 14.5. The minimum atomic E-state index is 0.0754. The Morgan fingerprint density at radius 1 is 1.42 bits per heavy atom. The summed E-state index contributed by atoms with van der Waals surface area (Å²) in [5.41, 5.74) is 0.366. The molecule has 0 saturated carbocycles. The normalized spacial score (nSPS) is 25.7. The van der Waals surface area contributed by atoms with E-state index in [-0.39, 0.29) is 5.60 Å². The third kappa shape index (κ3) is 5.41. The van der Waals surface area contributed by atoms with E-state index in [0.717, 1.165) is 26.1 Å². The standard InChI is InChI=1S/C16H33NO2/c1-13(2)16(5,12-17-9-10-18-6)11-14-7-8-15(3,4)19-14/h13-14,17H,7-12H2,1-6H3. The Kier molecular flexibility index (Phi) is 6.28. The fourth-order valence-electron chi connectivity index (χ4n) is 2.80. The average molecular weight is 271 g/mol. The molecule has 1 aliphatic rings. The summed E-state index contributed by atoms with van der Waals surface area (Å²) in [6, 6.07) is 0. The topological polar surface area (TPSA) is 30.5 Å². The van der Waals surface area contributed by atoms with Crippen LogP contribution in [0.2, 0.25) is 0 Å². The van der Waals surface area contributed by atoms with Gasteiger partial charge in [-0.1, -0.05) is 20.8 Å². The molecule has 0 aromatic rings. The molecule has 0 bridgehead atoms. The summed E-state index contributed by atoms with van der Waals surface area (Å²) in [5.74, 6) is 0.648. The molecule has 2 atom stereocenters. The van der Waals surface area contributed by atoms with Crippen LogP contribution in [0.1, 0.15) is 53.9 Å². The molecule has 0 spiro atoms. The van der Waals surface area contributed by atoms with E-state index in [1.165, 1.54) is 12.8 Å². The number of rotatable bonds is 8. The lowest BCUT2D eigenvalue weighted by molar-refractivity contribution is -0.0396. The van der Waals surface area contributed by atoms with Gasteiger partial charge < -0.3 is 14.8 Å². The summed E-state index contributed by atoms with van der Waals surface area (Å²) in [6.07, 6.45) is 3.95. The molecule has 1 heterocycles. The fraction of sp³-hybridized carbons (Fsp3) is 1.00. The molecule has 1 aliphatic heterocycles. The molecule has 0 aromatic heterocycles. The molecule has 1 N–H and O–H groups in total. The SMILES string of the molecule is COCCNCC(C)(CC1CCC(C)(C)O1)C(C)C. The number of hydrogen-bond donors (Lipinski definition) is 1. The summed E-state index contributed by atoms with van der Waals surface area (Å²) in [4.78, 5) is 0. The minimum absolute atomic E-state index is 0.0754. The Morgan fingerprint density at radius 2 is 2.11 bits per heavy atom. The van der Waals surface area contributed by atoms with E-state index in [0.29, 0.717) is 17.4 Å². The van der Waals surface area contributed by atoms with Crippen LogP contribution in [0, 0.1) is 11.3 Å². The Hall–Kier alpha value is -0.120. The first kappa shape index (κ1) is 16.9. The van der Waals surface area contributed by atoms with Crippen LogP contribution in [-0.4, -0.2) is 38.5 Å². The van der Waals surface area contributed by atoms with Gasteiger partial charge in [-0.3, -0.25) is 0 Å². The van der Waals surface area contributed by atoms with Crippen LogP contribution in [0.25, 0.3) is 0 Å². The lowest BCUT2D eigenvalue weighted by Crippen LogP contribution is -2.40. The zero-order valence-corrected chi connectivity index (χ0v) is 13.7. The van der Waals surface area contributed by atoms with E-state index < -0.39 is 0 Å². The van der Waals surface area contributed by atoms with Crippen molar-refractivity contribution in [3.63, 3.8) is 0 Å². The smallest absolute Gasteiger partial charge is 0.0631 e. The molecule has 0 amide bonds. The van der Waals surface area contributed by atoms with Gasteiger partial charge in [0.15, 0.2) is 0 Å². The Bertz CT molecular complexity index is 265. The van der Waals surface area contributed by atoms with Gasteiger partial charge in [0.05, 0.1) is 18.3 Å². The van der Waals surface area contributed by atoms with Crippen molar-refractivity contribution in [1.29, 1.82) is 0 Å². The Morgan fingerprint density at radius 3 is 2.58 bits per heavy atom. The molecular formula is C16H33NO2. The molecule has 3 heteroatoms. The van der Waals surface area contributed by atoms with Crippen LogP contribution in [-0.2, 0) is 9.47 Å². The van der Waals surface area contributed by atoms with E-state index in [1.807, 2.05) is 0 Å². The Balaban J connectivity index is 2.47. The van der Waals surface area contributed by atoms with Gasteiger partial charge in [-0.15, -0.1) is 0 Å². The van der Waals surface area contributed by atoms with Crippen molar-refractivity contribution in [1.82, 2.24) is 5.32 Å². The number of methoxy groups -OCH3 is 1. The highest BCUT2D eigenvalue weighted by atomic mass is 16.5. The van der Waals surface area contributed by atoms with Crippen molar-refractivity contribution in [2.24, 2.45) is 11.3 Å². The summed E-state index contributed by atoms with van der Waals surface area (Å²) in [6.45, 7) is 14.2. The van der Waals surface area contributed by atoms with Crippen LogP contribution in [0.4, 0.5) is 0 Å². The molecule has 0 aromatic carbocycles. The van der Waals surface area contributed by atoms with Crippen LogP contribution >= 0.6 is 0 Å². The molecule has 19 heavy (non-hydrogen) atoms. The quantitative estimate of drug-likeness (QED) is 0.688. The second-order valence-electron chi connectivity index (χ2n) is 7.22. The van der Waals surface area contributed by atoms with Gasteiger partial charge in [-0.05, 0) is 44.4 Å². The number of ether oxygens (including phenoxy) is 2. The summed E-state index contributed by atoms with van der Waals surface area (Å²) in [5, 5.41) is 3.52. The van der Waals surface area contributed by atoms with E-state index in [4.69, 9.17) is 9.47 Å². The lowest BCUT2D eigenvalue weighted by atomic mass is 9.74. The molecule has 0 aliphatic carbocycles. The molecule has 1 rings (SSSR count). The van der Waals surface area contributed by atoms with E-state index in [2.05, 4.69) is 39.9 Å². The van der Waals surface area contributed by atoms with Gasteiger partial charge in [0.25, 0.3) is 0 Å². The third-order valence-electron chi connectivity index (χ3n) is 4.65. The molecule has 1 saturated heterocycles. The first-order valence-corrected chi connectivity index (χ1v) is 7.66. The second-order valence-corrected chi connectivity index (χ2v) is 7.22. The maximum Gasteiger partial charge on any atom is 0.0631 e. The van der Waals surface area contributed by atoms with Crippen LogP contribution in [0.3, 0.4) is 0 Å². The third-order valence-corrected chi connectivity index (χ3v) is 4.65. The van der Waals surface area contributed by atoms with Crippen LogP contribution in [0.15, 0.2) is 0 Å². The molecule has 114 valence electrons. The fourth-order valence-corrected chi connectivity index (χ4v) is 2.80. The average Bonchev–Trinajstić information content (AvgIpc) is 2.64. The van der Waals surface area contributed by atoms with Crippen molar-refractivity contribution in [3.05, 3.63) is 0 Å². The molecular weight excluding hydrogens is 238 g/mol. The zero-order valence-electron chi connectivity index (χ0n) is 13.7. The van der Waals surface area contributed by atoms with Gasteiger partial charge >= 0.3 is 0 Å². The van der Waals surface area contributed by atoms with Gasteiger partial charge in [-0.2, -0.15) is 0 Å². The largest absolute Gasteiger partial charge is 0.383 e. The van der Waals surface area contributed by atoms with Gasteiger partial charge in [-0.25, -0.2) is 0 Å². The highest BCUT2D eigenvalue weighted by Gasteiger charge is 2.38. The van der Waals surface area contributed by atoms with Gasteiger partial charge in [0.2, 0.25) is 0 Å². The van der Waals surface area contributed by atoms with Gasteiger partial charge in [0, 0.05) is 20.2 Å². The summed E-state index contributed by atoms with van der Waals surface area (Å²) in [7, 11) is 1.75. The highest BCUT2D eigenvalue weighted by molar-refractivity contribution is 4.88. The molecule has 3 nitrogen and oxygen atoms in total. The summed E-state index contributed by atoms with van der Waals surface area (Å²) < 4.78 is 11.3. The monoisotopic (exact) mass is 271 g/mol. The highest BCUT2D eigenvalue weighted by Crippen LogP contribution is 2.39. The van der Waals surface area contributed by atoms with E-state index in [1.54, 1.807) is 7.11 Å². The predicted octanol–water partition coefficient (Wildman–Crippen LogP) is 3.23. The number of hydrogen-bond acceptors (Lipinski definition) is 3. The van der Waals surface area contributed by atoms with Crippen molar-refractivity contribution >= 4 is 0 Å². The van der Waals surface area contributed by atoms with Crippen molar-refractivity contribution in [3.8, 4) is 0 Å². The molecule has 1 fully saturated rings. The maximum absolute atomic E-state index is 6.17. The van der Waals surface area contributed by atoms with Crippen LogP contribution in [0.5, 0.6) is 0 Å². The molecule has 2 unspecified atom stereocenters. The van der Waals surface area contributed by atoms with Crippen LogP contribution < -0.4 is 5.32 Å².